The number of esters is 2. The zero-order valence-electron chi connectivity index (χ0n) is 67.8. The van der Waals surface area contributed by atoms with Crippen molar-refractivity contribution in [1.29, 1.82) is 0 Å². The summed E-state index contributed by atoms with van der Waals surface area (Å²) in [5, 5.41) is 124. The van der Waals surface area contributed by atoms with Crippen LogP contribution in [0.2, 0.25) is 0 Å². The Morgan fingerprint density at radius 1 is 0.458 bits per heavy atom. The Bertz CT molecular complexity index is 2900. The van der Waals surface area contributed by atoms with E-state index < -0.39 is 275 Å². The monoisotopic (exact) mass is 1560 g/mol. The molecule has 6 aliphatic heterocycles. The van der Waals surface area contributed by atoms with Gasteiger partial charge in [-0.25, -0.2) is 18.0 Å². The molecule has 0 aliphatic carbocycles. The van der Waals surface area contributed by atoms with Crippen molar-refractivity contribution in [1.82, 2.24) is 9.80 Å². The number of methoxy groups -OCH3 is 2. The van der Waals surface area contributed by atoms with Gasteiger partial charge in [-0.3, -0.25) is 9.59 Å². The van der Waals surface area contributed by atoms with Crippen LogP contribution in [0.3, 0.4) is 0 Å². The molecule has 33 heteroatoms. The maximum absolute atomic E-state index is 16.6. The number of hydrogen-bond donors (Lipinski definition) is 10. The largest absolute Gasteiger partial charge is 0.457 e. The third kappa shape index (κ3) is 19.8. The van der Waals surface area contributed by atoms with Gasteiger partial charge in [0.1, 0.15) is 71.6 Å². The van der Waals surface area contributed by atoms with Crippen molar-refractivity contribution in [2.24, 2.45) is 35.5 Å². The van der Waals surface area contributed by atoms with Crippen LogP contribution in [0.5, 0.6) is 0 Å². The summed E-state index contributed by atoms with van der Waals surface area (Å²) in [6.07, 6.45) is -34.4. The number of cyclic esters (lactones) is 2. The van der Waals surface area contributed by atoms with E-state index in [9.17, 15) is 60.7 Å². The minimum Gasteiger partial charge on any atom is -0.457 e. The number of nitrogens with zero attached hydrogens (tertiary/aromatic N) is 2. The lowest BCUT2D eigenvalue weighted by atomic mass is 9.73. The number of aliphatic hydroxyl groups excluding tert-OH is 6. The molecule has 0 aromatic rings. The van der Waals surface area contributed by atoms with E-state index in [1.54, 1.807) is 51.8 Å². The van der Waals surface area contributed by atoms with Crippen molar-refractivity contribution in [3.8, 4) is 0 Å². The van der Waals surface area contributed by atoms with Crippen LogP contribution in [0.1, 0.15) is 190 Å². The van der Waals surface area contributed by atoms with Gasteiger partial charge in [0.2, 0.25) is 11.2 Å². The predicted molar refractivity (Wildman–Crippen MR) is 382 cm³/mol. The zero-order chi connectivity index (χ0) is 81.7. The molecule has 0 bridgehead atoms. The lowest BCUT2D eigenvalue weighted by Crippen LogP contribution is -2.66. The van der Waals surface area contributed by atoms with Gasteiger partial charge in [0, 0.05) is 74.7 Å². The van der Waals surface area contributed by atoms with E-state index in [-0.39, 0.29) is 25.7 Å². The number of rotatable bonds is 18. The number of carbonyl (C=O) groups excluding carboxylic acids is 4. The van der Waals surface area contributed by atoms with E-state index in [1.807, 2.05) is 0 Å². The van der Waals surface area contributed by atoms with Gasteiger partial charge in [-0.15, -0.1) is 0 Å². The summed E-state index contributed by atoms with van der Waals surface area (Å²) in [6.45, 7) is 27.0. The number of likely N-dealkylation sites (N-methyl/N-ethyl adjacent to an activating group) is 2. The Labute approximate surface area is 632 Å². The van der Waals surface area contributed by atoms with Gasteiger partial charge in [-0.05, 0) is 150 Å². The summed E-state index contributed by atoms with van der Waals surface area (Å²) in [6, 6.07) is -1.32. The maximum Gasteiger partial charge on any atom is 0.402 e. The van der Waals surface area contributed by atoms with Crippen LogP contribution in [0.4, 0.5) is 0 Å². The SMILES string of the molecule is CC[C@H]1OC(=O)[C@@](C)(OS(=O)(=O)O[C@]2(C)C(=O)O[C@H](CC)[C@@](C)(O)[C@H](O)[C@@H](C)C(=O)[C@H](C)C[C@@](C)(O)[C@H](OC3O[C@@H](C)C[C@@H](N(C)C)[C@@H]3O)[C@@H](C)[C@@H]2OC2C[C@@](C)(OC)[C@@H](O)[C@H](C)O2)[C@@H](OC2C[C@@](C)(OC)[C@@H](O)[C@H](C)O2)[C@H](C)[C@@H](OC2O[C@@H](C)C[C@@H](N(C)C)[C@@H]2O)[C@](C)(O)C[C@@H](C)C(=O)[C@H](C)[C@@H](O)[C@]1(C)O. The molecule has 6 rings (SSSR count). The molecule has 36 atom stereocenters. The van der Waals surface area contributed by atoms with Crippen LogP contribution in [0, 0.1) is 35.5 Å². The topological polar surface area (TPSA) is 440 Å². The lowest BCUT2D eigenvalue weighted by molar-refractivity contribution is -0.327. The van der Waals surface area contributed by atoms with Crippen LogP contribution >= 0.6 is 0 Å². The molecular formula is C74H132N2O30S. The summed E-state index contributed by atoms with van der Waals surface area (Å²) in [5.41, 5.74) is -19.8. The van der Waals surface area contributed by atoms with Crippen LogP contribution in [0.15, 0.2) is 0 Å². The van der Waals surface area contributed by atoms with E-state index in [0.29, 0.717) is 0 Å². The third-order valence-corrected chi connectivity index (χ3v) is 25.3. The van der Waals surface area contributed by atoms with Crippen LogP contribution in [0.25, 0.3) is 0 Å². The quantitative estimate of drug-likeness (QED) is 0.0878. The van der Waals surface area contributed by atoms with E-state index in [4.69, 9.17) is 65.2 Å². The number of ketones is 2. The molecule has 6 fully saturated rings. The summed E-state index contributed by atoms with van der Waals surface area (Å²) in [7, 11) is 3.02. The highest BCUT2D eigenvalue weighted by Crippen LogP contribution is 2.48. The predicted octanol–water partition coefficient (Wildman–Crippen LogP) is 2.11. The van der Waals surface area contributed by atoms with Gasteiger partial charge in [-0.2, -0.15) is 8.42 Å². The first-order valence-corrected chi connectivity index (χ1v) is 39.1. The average molecular weight is 1560 g/mol. The summed E-state index contributed by atoms with van der Waals surface area (Å²) in [4.78, 5) is 65.7. The Hall–Kier alpha value is -2.73. The Morgan fingerprint density at radius 2 is 0.766 bits per heavy atom. The highest BCUT2D eigenvalue weighted by molar-refractivity contribution is 7.82. The molecular weight excluding hydrogens is 1430 g/mol. The molecule has 4 unspecified atom stereocenters. The number of hydrogen-bond acceptors (Lipinski definition) is 32. The molecule has 107 heavy (non-hydrogen) atoms. The third-order valence-electron chi connectivity index (χ3n) is 24.2. The van der Waals surface area contributed by atoms with Crippen molar-refractivity contribution >= 4 is 33.9 Å². The fourth-order valence-electron chi connectivity index (χ4n) is 17.5. The minimum atomic E-state index is -6.43. The summed E-state index contributed by atoms with van der Waals surface area (Å²) >= 11 is 0. The van der Waals surface area contributed by atoms with Gasteiger partial charge >= 0.3 is 22.3 Å². The van der Waals surface area contributed by atoms with Crippen molar-refractivity contribution < 1.29 is 144 Å². The van der Waals surface area contributed by atoms with Crippen molar-refractivity contribution in [3.05, 3.63) is 0 Å². The molecule has 624 valence electrons. The second kappa shape index (κ2) is 35.2. The van der Waals surface area contributed by atoms with Crippen LogP contribution < -0.4 is 0 Å². The van der Waals surface area contributed by atoms with Gasteiger partial charge in [0.15, 0.2) is 25.2 Å². The fourth-order valence-corrected chi connectivity index (χ4v) is 18.7. The van der Waals surface area contributed by atoms with Gasteiger partial charge < -0.3 is 118 Å². The average Bonchev–Trinajstić information content (AvgIpc) is 0.742. The number of aliphatic hydroxyl groups is 10. The highest BCUT2D eigenvalue weighted by atomic mass is 32.3. The van der Waals surface area contributed by atoms with Crippen molar-refractivity contribution in [2.75, 3.05) is 42.4 Å². The molecule has 0 spiro atoms. The van der Waals surface area contributed by atoms with E-state index >= 15 is 18.0 Å². The lowest BCUT2D eigenvalue weighted by Gasteiger charge is -2.51. The smallest absolute Gasteiger partial charge is 0.402 e. The van der Waals surface area contributed by atoms with Gasteiger partial charge in [-0.1, -0.05) is 55.4 Å². The molecule has 6 saturated heterocycles. The van der Waals surface area contributed by atoms with E-state index in [0.717, 1.165) is 27.7 Å². The molecule has 0 aromatic heterocycles. The Morgan fingerprint density at radius 3 is 1.05 bits per heavy atom. The number of Topliss-reactive ketones (excluding diaryl/α,β-unsaturated/α-hetero) is 2. The molecule has 32 nitrogen and oxygen atoms in total. The minimum absolute atomic E-state index is 0.280. The maximum atomic E-state index is 16.6. The van der Waals surface area contributed by atoms with Gasteiger partial charge in [0.25, 0.3) is 0 Å². The van der Waals surface area contributed by atoms with Crippen LogP contribution in [-0.2, 0) is 94.8 Å². The molecule has 0 radical (unpaired) electrons. The Kier molecular flexibility index (Phi) is 30.6. The first-order valence-electron chi connectivity index (χ1n) is 37.7. The number of carbonyl (C=O) groups is 4. The number of ether oxygens (including phenoxy) is 12. The van der Waals surface area contributed by atoms with Crippen molar-refractivity contribution in [3.63, 3.8) is 0 Å². The van der Waals surface area contributed by atoms with Crippen LogP contribution in [-0.4, -0.2) is 315 Å². The molecule has 10 N–H and O–H groups in total. The zero-order valence-corrected chi connectivity index (χ0v) is 68.6. The second-order valence-electron chi connectivity index (χ2n) is 34.0. The van der Waals surface area contributed by atoms with Crippen molar-refractivity contribution in [2.45, 2.75) is 370 Å². The summed E-state index contributed by atoms with van der Waals surface area (Å²) < 4.78 is 123. The first-order chi connectivity index (χ1) is 48.9. The highest BCUT2D eigenvalue weighted by Gasteiger charge is 2.65. The normalized spacial score (nSPS) is 49.7. The van der Waals surface area contributed by atoms with Gasteiger partial charge in [0.05, 0.1) is 71.2 Å². The molecule has 6 aliphatic rings. The second-order valence-corrected chi connectivity index (χ2v) is 35.2. The van der Waals surface area contributed by atoms with E-state index in [1.165, 1.54) is 111 Å². The van der Waals surface area contributed by atoms with E-state index in [2.05, 4.69) is 0 Å². The molecule has 0 aromatic carbocycles. The molecule has 0 saturated carbocycles. The Balaban J connectivity index is 1.76. The fraction of sp³-hybridized carbons (Fsp3) is 0.946. The molecule has 0 amide bonds. The summed E-state index contributed by atoms with van der Waals surface area (Å²) in [5.74, 6) is -13.7. The molecule has 6 heterocycles. The first kappa shape index (κ1) is 93.1. The standard InChI is InChI=1S/C74H132N2O30S/c1-27-47-71(17,89)55(81)39(7)51(77)35(3)31-67(13,87)59(103-63-53(79)45(75(21)22)29-37(5)95-63)41(9)61(101-49-33-69(15,93-25)57(83)43(11)97-49)73(19,65(85)99-47)105-107(91,92)106-74(20)62(102-50-34-70(16,94-26)58(84)44(12)98-50)42(10)60(104-64-54(80)46(76(23)24)30-38(6)96-64)68(14,88)32-36(4)52(78)40(8)56(82)72(18,90)48(28-2)100-66(74)86/h35-50,53-64,79-84,87-90H,27-34H2,1-26H3/t35-,36-,37+,38+,39+,40+,41-,42-,43+,44+,45-,46-,47-,48-,49?,50?,53+,54+,55-,56-,57+,58+,59-,60-,61+,62+,63?,64?,67-,68-,69-,70-,71-,72-,73+,74+/m1/s1.